The quantitative estimate of drug-likeness (QED) is 0.796. The minimum absolute atomic E-state index is 0.224. The van der Waals surface area contributed by atoms with E-state index in [4.69, 9.17) is 9.47 Å². The van der Waals surface area contributed by atoms with Gasteiger partial charge in [0.15, 0.2) is 11.5 Å². The second-order valence-electron chi connectivity index (χ2n) is 3.46. The third kappa shape index (κ3) is 2.88. The van der Waals surface area contributed by atoms with Crippen LogP contribution in [-0.2, 0) is 11.1 Å². The van der Waals surface area contributed by atoms with E-state index >= 15 is 0 Å². The average molecular weight is 263 g/mol. The molecule has 0 heterocycles. The molecular weight excluding hydrogens is 252 g/mol. The van der Waals surface area contributed by atoms with Gasteiger partial charge in [-0.15, -0.1) is 0 Å². The number of hydrogen-bond acceptors (Lipinski definition) is 4. The minimum atomic E-state index is -2.22. The maximum absolute atomic E-state index is 10.7. The fourth-order valence-electron chi connectivity index (χ4n) is 1.45. The van der Waals surface area contributed by atoms with E-state index in [0.29, 0.717) is 17.2 Å². The first-order chi connectivity index (χ1) is 8.70. The first kappa shape index (κ1) is 12.6. The second-order valence-corrected chi connectivity index (χ2v) is 4.40. The van der Waals surface area contributed by atoms with E-state index in [1.54, 1.807) is 31.4 Å². The summed E-state index contributed by atoms with van der Waals surface area (Å²) in [5.74, 6) is 1.75. The summed E-state index contributed by atoms with van der Waals surface area (Å²) < 4.78 is 32.2. The second kappa shape index (κ2) is 5.66. The molecule has 4 nitrogen and oxygen atoms in total. The van der Waals surface area contributed by atoms with Crippen molar-refractivity contribution in [2.24, 2.45) is 0 Å². The van der Waals surface area contributed by atoms with Gasteiger partial charge in [-0.1, -0.05) is 12.1 Å². The van der Waals surface area contributed by atoms with E-state index in [2.05, 4.69) is 0 Å². The number of benzene rings is 2. The van der Waals surface area contributed by atoms with Crippen molar-refractivity contribution in [3.63, 3.8) is 0 Å². The van der Waals surface area contributed by atoms with Crippen molar-refractivity contribution in [3.8, 4) is 17.2 Å². The molecule has 94 valence electrons. The van der Waals surface area contributed by atoms with Crippen LogP contribution in [0.2, 0.25) is 0 Å². The number of hydrogen-bond donors (Lipinski definition) is 0. The summed E-state index contributed by atoms with van der Waals surface area (Å²) in [6.45, 7) is 0. The van der Waals surface area contributed by atoms with E-state index in [9.17, 15) is 8.76 Å². The fraction of sp³-hybridized carbons (Fsp3) is 0.0769. The van der Waals surface area contributed by atoms with Crippen LogP contribution >= 0.6 is 0 Å². The SMILES string of the molecule is COc1ccccc1Oc1ccc(S(=O)[O-])cc1. The zero-order valence-corrected chi connectivity index (χ0v) is 10.5. The first-order valence-corrected chi connectivity index (χ1v) is 6.28. The highest BCUT2D eigenvalue weighted by atomic mass is 32.2. The van der Waals surface area contributed by atoms with Gasteiger partial charge in [0.25, 0.3) is 0 Å². The van der Waals surface area contributed by atoms with Crippen LogP contribution in [0.1, 0.15) is 0 Å². The molecule has 0 aliphatic carbocycles. The molecule has 18 heavy (non-hydrogen) atoms. The molecule has 5 heteroatoms. The molecule has 2 aromatic rings. The van der Waals surface area contributed by atoms with E-state index in [1.165, 1.54) is 12.1 Å². The van der Waals surface area contributed by atoms with Crippen molar-refractivity contribution in [2.45, 2.75) is 4.90 Å². The topological polar surface area (TPSA) is 58.6 Å². The van der Waals surface area contributed by atoms with Crippen molar-refractivity contribution in [2.75, 3.05) is 7.11 Å². The van der Waals surface area contributed by atoms with E-state index in [-0.39, 0.29) is 4.90 Å². The van der Waals surface area contributed by atoms with Crippen LogP contribution < -0.4 is 9.47 Å². The Morgan fingerprint density at radius 3 is 2.17 bits per heavy atom. The zero-order valence-electron chi connectivity index (χ0n) is 9.66. The Morgan fingerprint density at radius 2 is 1.61 bits per heavy atom. The standard InChI is InChI=1S/C13H12O4S/c1-16-12-4-2-3-5-13(12)17-10-6-8-11(9-7-10)18(14)15/h2-9H,1H3,(H,14,15)/p-1. The van der Waals surface area contributed by atoms with E-state index in [0.717, 1.165) is 0 Å². The van der Waals surface area contributed by atoms with Crippen LogP contribution in [0.15, 0.2) is 53.4 Å². The highest BCUT2D eigenvalue weighted by molar-refractivity contribution is 7.79. The molecule has 0 aliphatic rings. The molecule has 0 saturated heterocycles. The number of ether oxygens (including phenoxy) is 2. The van der Waals surface area contributed by atoms with Gasteiger partial charge < -0.3 is 14.0 Å². The van der Waals surface area contributed by atoms with Crippen LogP contribution in [0.4, 0.5) is 0 Å². The molecule has 0 bridgehead atoms. The van der Waals surface area contributed by atoms with Crippen molar-refractivity contribution in [1.82, 2.24) is 0 Å². The normalized spacial score (nSPS) is 11.9. The monoisotopic (exact) mass is 263 g/mol. The molecule has 0 radical (unpaired) electrons. The predicted molar refractivity (Wildman–Crippen MR) is 66.7 cm³/mol. The maximum atomic E-state index is 10.7. The van der Waals surface area contributed by atoms with Crippen molar-refractivity contribution in [1.29, 1.82) is 0 Å². The Bertz CT molecular complexity index is 551. The third-order valence-corrected chi connectivity index (χ3v) is 2.97. The zero-order chi connectivity index (χ0) is 13.0. The van der Waals surface area contributed by atoms with Gasteiger partial charge in [0, 0.05) is 4.90 Å². The Labute approximate surface area is 107 Å². The Kier molecular flexibility index (Phi) is 3.96. The molecule has 0 amide bonds. The van der Waals surface area contributed by atoms with Crippen molar-refractivity contribution in [3.05, 3.63) is 48.5 Å². The Morgan fingerprint density at radius 1 is 1.00 bits per heavy atom. The lowest BCUT2D eigenvalue weighted by molar-refractivity contribution is 0.379. The Hall–Kier alpha value is -1.85. The van der Waals surface area contributed by atoms with Gasteiger partial charge >= 0.3 is 0 Å². The van der Waals surface area contributed by atoms with Gasteiger partial charge in [0.2, 0.25) is 0 Å². The molecule has 0 spiro atoms. The molecule has 1 atom stereocenters. The van der Waals surface area contributed by atoms with Gasteiger partial charge in [-0.05, 0) is 47.5 Å². The van der Waals surface area contributed by atoms with Crippen LogP contribution in [-0.4, -0.2) is 15.9 Å². The minimum Gasteiger partial charge on any atom is -0.768 e. The smallest absolute Gasteiger partial charge is 0.169 e. The van der Waals surface area contributed by atoms with Crippen molar-refractivity contribution < 1.29 is 18.2 Å². The summed E-state index contributed by atoms with van der Waals surface area (Å²) in [5, 5.41) is 0. The molecule has 2 rings (SSSR count). The molecule has 1 unspecified atom stereocenters. The lowest BCUT2D eigenvalue weighted by Crippen LogP contribution is -1.91. The van der Waals surface area contributed by atoms with Crippen LogP contribution in [0.5, 0.6) is 17.2 Å². The summed E-state index contributed by atoms with van der Waals surface area (Å²) in [7, 11) is 1.56. The Balaban J connectivity index is 2.21. The molecule has 2 aromatic carbocycles. The van der Waals surface area contributed by atoms with Gasteiger partial charge in [-0.3, -0.25) is 4.21 Å². The summed E-state index contributed by atoms with van der Waals surface area (Å²) >= 11 is -2.22. The molecule has 0 aromatic heterocycles. The van der Waals surface area contributed by atoms with Crippen LogP contribution in [0.25, 0.3) is 0 Å². The van der Waals surface area contributed by atoms with E-state index in [1.807, 2.05) is 12.1 Å². The van der Waals surface area contributed by atoms with Gasteiger partial charge in [0.1, 0.15) is 5.75 Å². The third-order valence-electron chi connectivity index (χ3n) is 2.31. The summed E-state index contributed by atoms with van der Waals surface area (Å²) in [6.07, 6.45) is 0. The molecule has 0 N–H and O–H groups in total. The molecule has 0 saturated carbocycles. The lowest BCUT2D eigenvalue weighted by atomic mass is 10.3. The first-order valence-electron chi connectivity index (χ1n) is 5.21. The number of para-hydroxylation sites is 2. The largest absolute Gasteiger partial charge is 0.768 e. The lowest BCUT2D eigenvalue weighted by Gasteiger charge is -2.10. The predicted octanol–water partition coefficient (Wildman–Crippen LogP) is 2.73. The highest BCUT2D eigenvalue weighted by Crippen LogP contribution is 2.30. The average Bonchev–Trinajstić information content (AvgIpc) is 2.40. The molecule has 0 fully saturated rings. The number of methoxy groups -OCH3 is 1. The van der Waals surface area contributed by atoms with E-state index < -0.39 is 11.1 Å². The fourth-order valence-corrected chi connectivity index (χ4v) is 1.81. The molecular formula is C13H11O4S-. The number of rotatable bonds is 4. The van der Waals surface area contributed by atoms with Gasteiger partial charge in [-0.2, -0.15) is 0 Å². The maximum Gasteiger partial charge on any atom is 0.169 e. The molecule has 0 aliphatic heterocycles. The van der Waals surface area contributed by atoms with Crippen molar-refractivity contribution >= 4 is 11.1 Å². The van der Waals surface area contributed by atoms with Gasteiger partial charge in [-0.25, -0.2) is 0 Å². The van der Waals surface area contributed by atoms with Gasteiger partial charge in [0.05, 0.1) is 7.11 Å². The van der Waals surface area contributed by atoms with Crippen LogP contribution in [0, 0.1) is 0 Å². The highest BCUT2D eigenvalue weighted by Gasteiger charge is 2.04. The van der Waals surface area contributed by atoms with Crippen LogP contribution in [0.3, 0.4) is 0 Å². The summed E-state index contributed by atoms with van der Waals surface area (Å²) in [5.41, 5.74) is 0. The summed E-state index contributed by atoms with van der Waals surface area (Å²) in [6, 6.07) is 13.4. The summed E-state index contributed by atoms with van der Waals surface area (Å²) in [4.78, 5) is 0.224.